The molecule has 116 valence electrons. The number of guanidine groups is 1. The van der Waals surface area contributed by atoms with Crippen molar-refractivity contribution in [1.82, 2.24) is 4.90 Å². The number of nitrogens with two attached hydrogens (primary N) is 1. The van der Waals surface area contributed by atoms with Gasteiger partial charge in [-0.25, -0.2) is 0 Å². The Kier molecular flexibility index (Phi) is 5.67. The summed E-state index contributed by atoms with van der Waals surface area (Å²) in [4.78, 5) is 6.53. The highest BCUT2D eigenvalue weighted by Crippen LogP contribution is 2.26. The maximum absolute atomic E-state index is 6.06. The number of hydrogen-bond donors (Lipinski definition) is 2. The smallest absolute Gasteiger partial charge is 0.193 e. The minimum atomic E-state index is 0.0866. The molecule has 0 aromatic heterocycles. The van der Waals surface area contributed by atoms with Gasteiger partial charge in [-0.15, -0.1) is 0 Å². The number of rotatable bonds is 4. The molecular weight excluding hydrogens is 292 g/mol. The van der Waals surface area contributed by atoms with E-state index >= 15 is 0 Å². The summed E-state index contributed by atoms with van der Waals surface area (Å²) in [6, 6.07) is 5.35. The van der Waals surface area contributed by atoms with E-state index in [-0.39, 0.29) is 6.10 Å². The molecular formula is C14H21ClN4O2. The molecule has 0 spiro atoms. The highest BCUT2D eigenvalue weighted by Gasteiger charge is 2.17. The molecule has 1 aromatic carbocycles. The number of hydrogen-bond acceptors (Lipinski definition) is 4. The maximum Gasteiger partial charge on any atom is 0.193 e. The van der Waals surface area contributed by atoms with E-state index in [2.05, 4.69) is 22.3 Å². The molecule has 1 saturated heterocycles. The monoisotopic (exact) mass is 312 g/mol. The summed E-state index contributed by atoms with van der Waals surface area (Å²) in [5, 5.41) is 3.52. The molecule has 0 aliphatic carbocycles. The highest BCUT2D eigenvalue weighted by molar-refractivity contribution is 6.32. The van der Waals surface area contributed by atoms with Crippen molar-refractivity contribution < 1.29 is 9.47 Å². The van der Waals surface area contributed by atoms with Crippen molar-refractivity contribution in [2.24, 2.45) is 10.7 Å². The largest absolute Gasteiger partial charge is 0.495 e. The van der Waals surface area contributed by atoms with Gasteiger partial charge < -0.3 is 25.4 Å². The van der Waals surface area contributed by atoms with E-state index in [1.807, 2.05) is 6.07 Å². The molecule has 1 aliphatic rings. The van der Waals surface area contributed by atoms with Crippen molar-refractivity contribution in [3.63, 3.8) is 0 Å². The number of benzene rings is 1. The van der Waals surface area contributed by atoms with Crippen LogP contribution in [0.5, 0.6) is 5.75 Å². The zero-order chi connectivity index (χ0) is 15.2. The number of halogens is 1. The first kappa shape index (κ1) is 15.9. The van der Waals surface area contributed by atoms with Gasteiger partial charge in [0.2, 0.25) is 0 Å². The summed E-state index contributed by atoms with van der Waals surface area (Å²) < 4.78 is 10.7. The van der Waals surface area contributed by atoms with E-state index in [1.165, 1.54) is 0 Å². The molecule has 0 amide bonds. The quantitative estimate of drug-likeness (QED) is 0.649. The number of likely N-dealkylation sites (N-methyl/N-ethyl adjacent to an activating group) is 1. The lowest BCUT2D eigenvalue weighted by Crippen LogP contribution is -2.41. The Morgan fingerprint density at radius 3 is 3.10 bits per heavy atom. The molecule has 1 unspecified atom stereocenters. The van der Waals surface area contributed by atoms with Crippen LogP contribution in [0.3, 0.4) is 0 Å². The highest BCUT2D eigenvalue weighted by atomic mass is 35.5. The van der Waals surface area contributed by atoms with Crippen molar-refractivity contribution in [3.05, 3.63) is 23.2 Å². The van der Waals surface area contributed by atoms with Gasteiger partial charge >= 0.3 is 0 Å². The Morgan fingerprint density at radius 2 is 2.43 bits per heavy atom. The van der Waals surface area contributed by atoms with Gasteiger partial charge in [-0.3, -0.25) is 4.99 Å². The second kappa shape index (κ2) is 7.49. The van der Waals surface area contributed by atoms with Crippen LogP contribution in [0, 0.1) is 0 Å². The Bertz CT molecular complexity index is 510. The molecule has 2 rings (SSSR count). The third kappa shape index (κ3) is 4.77. The fraction of sp³-hybridized carbons (Fsp3) is 0.500. The third-order valence-electron chi connectivity index (χ3n) is 3.23. The molecule has 0 bridgehead atoms. The van der Waals surface area contributed by atoms with E-state index in [4.69, 9.17) is 26.8 Å². The fourth-order valence-electron chi connectivity index (χ4n) is 2.11. The van der Waals surface area contributed by atoms with Crippen LogP contribution in [0.4, 0.5) is 5.69 Å². The molecule has 1 fully saturated rings. The van der Waals surface area contributed by atoms with Gasteiger partial charge in [0.15, 0.2) is 5.96 Å². The second-order valence-electron chi connectivity index (χ2n) is 4.96. The number of methoxy groups -OCH3 is 1. The zero-order valence-electron chi connectivity index (χ0n) is 12.3. The van der Waals surface area contributed by atoms with Crippen LogP contribution < -0.4 is 15.8 Å². The van der Waals surface area contributed by atoms with Gasteiger partial charge in [-0.05, 0) is 25.2 Å². The standard InChI is InChI=1S/C14H21ClN4O2/c1-19-5-6-21-11(9-19)8-17-14(16)18-10-3-4-13(20-2)12(15)7-10/h3-4,7,11H,5-6,8-9H2,1-2H3,(H3,16,17,18). The van der Waals surface area contributed by atoms with Gasteiger partial charge in [0.05, 0.1) is 31.4 Å². The lowest BCUT2D eigenvalue weighted by Gasteiger charge is -2.29. The van der Waals surface area contributed by atoms with Gasteiger partial charge in [0, 0.05) is 18.8 Å². The van der Waals surface area contributed by atoms with Crippen LogP contribution in [-0.2, 0) is 4.74 Å². The van der Waals surface area contributed by atoms with Crippen molar-refractivity contribution in [1.29, 1.82) is 0 Å². The van der Waals surface area contributed by atoms with Crippen molar-refractivity contribution in [3.8, 4) is 5.75 Å². The van der Waals surface area contributed by atoms with E-state index in [0.717, 1.165) is 25.4 Å². The molecule has 6 nitrogen and oxygen atoms in total. The number of nitrogens with zero attached hydrogens (tertiary/aromatic N) is 2. The number of morpholine rings is 1. The second-order valence-corrected chi connectivity index (χ2v) is 5.36. The Labute approximate surface area is 129 Å². The summed E-state index contributed by atoms with van der Waals surface area (Å²) in [7, 11) is 3.64. The predicted molar refractivity (Wildman–Crippen MR) is 85.4 cm³/mol. The van der Waals surface area contributed by atoms with Crippen LogP contribution in [-0.4, -0.2) is 57.4 Å². The molecule has 1 aromatic rings. The Morgan fingerprint density at radius 1 is 1.62 bits per heavy atom. The molecule has 1 heterocycles. The summed E-state index contributed by atoms with van der Waals surface area (Å²) in [6.45, 7) is 3.09. The van der Waals surface area contributed by atoms with Crippen molar-refractivity contribution >= 4 is 23.2 Å². The first-order valence-corrected chi connectivity index (χ1v) is 7.17. The van der Waals surface area contributed by atoms with Crippen LogP contribution >= 0.6 is 11.6 Å². The minimum absolute atomic E-state index is 0.0866. The van der Waals surface area contributed by atoms with Crippen LogP contribution in [0.2, 0.25) is 5.02 Å². The third-order valence-corrected chi connectivity index (χ3v) is 3.53. The fourth-order valence-corrected chi connectivity index (χ4v) is 2.37. The van der Waals surface area contributed by atoms with Gasteiger partial charge in [-0.2, -0.15) is 0 Å². The van der Waals surface area contributed by atoms with Gasteiger partial charge in [-0.1, -0.05) is 11.6 Å². The summed E-state index contributed by atoms with van der Waals surface area (Å²) >= 11 is 6.06. The summed E-state index contributed by atoms with van der Waals surface area (Å²) in [5.74, 6) is 0.962. The maximum atomic E-state index is 6.06. The first-order valence-electron chi connectivity index (χ1n) is 6.79. The molecule has 1 atom stereocenters. The topological polar surface area (TPSA) is 72.1 Å². The SMILES string of the molecule is COc1ccc(NC(N)=NCC2CN(C)CCO2)cc1Cl. The molecule has 1 aliphatic heterocycles. The molecule has 0 saturated carbocycles. The molecule has 3 N–H and O–H groups in total. The van der Waals surface area contributed by atoms with Gasteiger partial charge in [0.25, 0.3) is 0 Å². The normalized spacial score (nSPS) is 20.3. The lowest BCUT2D eigenvalue weighted by atomic mass is 10.3. The summed E-state index contributed by atoms with van der Waals surface area (Å²) in [6.07, 6.45) is 0.0866. The predicted octanol–water partition coefficient (Wildman–Crippen LogP) is 1.41. The van der Waals surface area contributed by atoms with E-state index in [9.17, 15) is 0 Å². The first-order chi connectivity index (χ1) is 10.1. The van der Waals surface area contributed by atoms with Crippen LogP contribution in [0.15, 0.2) is 23.2 Å². The minimum Gasteiger partial charge on any atom is -0.495 e. The van der Waals surface area contributed by atoms with Gasteiger partial charge in [0.1, 0.15) is 5.75 Å². The van der Waals surface area contributed by atoms with Crippen molar-refractivity contribution in [2.75, 3.05) is 45.7 Å². The van der Waals surface area contributed by atoms with E-state index in [0.29, 0.717) is 23.3 Å². The molecule has 0 radical (unpaired) electrons. The number of anilines is 1. The number of ether oxygens (including phenoxy) is 2. The van der Waals surface area contributed by atoms with E-state index < -0.39 is 0 Å². The average molecular weight is 313 g/mol. The number of aliphatic imine (C=N–C) groups is 1. The zero-order valence-corrected chi connectivity index (χ0v) is 13.1. The number of nitrogens with one attached hydrogen (secondary N) is 1. The Balaban J connectivity index is 1.89. The van der Waals surface area contributed by atoms with Crippen LogP contribution in [0.1, 0.15) is 0 Å². The molecule has 21 heavy (non-hydrogen) atoms. The lowest BCUT2D eigenvalue weighted by molar-refractivity contribution is -0.0136. The Hall–Kier alpha value is -1.50. The average Bonchev–Trinajstić information content (AvgIpc) is 2.45. The van der Waals surface area contributed by atoms with Crippen LogP contribution in [0.25, 0.3) is 0 Å². The van der Waals surface area contributed by atoms with E-state index in [1.54, 1.807) is 19.2 Å². The van der Waals surface area contributed by atoms with Crippen molar-refractivity contribution in [2.45, 2.75) is 6.10 Å². The summed E-state index contributed by atoms with van der Waals surface area (Å²) in [5.41, 5.74) is 6.64. The molecule has 7 heteroatoms.